The van der Waals surface area contributed by atoms with Crippen LogP contribution in [0, 0.1) is 11.3 Å². The van der Waals surface area contributed by atoms with Crippen molar-refractivity contribution >= 4 is 17.7 Å². The van der Waals surface area contributed by atoms with Gasteiger partial charge < -0.3 is 15.0 Å². The van der Waals surface area contributed by atoms with E-state index < -0.39 is 5.56 Å². The average Bonchev–Trinajstić information content (AvgIpc) is 2.78. The minimum Gasteiger partial charge on any atom is -0.497 e. The highest BCUT2D eigenvalue weighted by Crippen LogP contribution is 2.24. The number of H-pyrrole nitrogens is 1. The van der Waals surface area contributed by atoms with Crippen molar-refractivity contribution in [3.8, 4) is 23.1 Å². The van der Waals surface area contributed by atoms with Gasteiger partial charge in [0.1, 0.15) is 17.4 Å². The number of nitrogens with one attached hydrogen (secondary N) is 2. The maximum absolute atomic E-state index is 12.3. The third kappa shape index (κ3) is 5.07. The molecule has 1 atom stereocenters. The molecule has 1 aromatic heterocycles. The van der Waals surface area contributed by atoms with Crippen molar-refractivity contribution in [3.05, 3.63) is 76.1 Å². The van der Waals surface area contributed by atoms with E-state index >= 15 is 0 Å². The Kier molecular flexibility index (Phi) is 6.88. The molecule has 3 rings (SSSR count). The Hall–Kier alpha value is -3.57. The van der Waals surface area contributed by atoms with E-state index in [1.165, 1.54) is 0 Å². The van der Waals surface area contributed by atoms with Crippen LogP contribution in [-0.2, 0) is 4.79 Å². The number of nitriles is 1. The lowest BCUT2D eigenvalue weighted by Gasteiger charge is -2.14. The first-order valence-corrected chi connectivity index (χ1v) is 10.2. The van der Waals surface area contributed by atoms with Crippen LogP contribution in [0.5, 0.6) is 5.75 Å². The molecular weight excluding hydrogens is 400 g/mol. The minimum atomic E-state index is -0.543. The Morgan fingerprint density at radius 2 is 1.93 bits per heavy atom. The van der Waals surface area contributed by atoms with Gasteiger partial charge in [0.05, 0.1) is 24.6 Å². The van der Waals surface area contributed by atoms with Crippen molar-refractivity contribution in [2.75, 3.05) is 12.9 Å². The summed E-state index contributed by atoms with van der Waals surface area (Å²) in [4.78, 5) is 31.6. The number of nitrogens with zero attached hydrogens (tertiary/aromatic N) is 2. The molecule has 1 heterocycles. The molecule has 0 aliphatic heterocycles. The predicted octanol–water partition coefficient (Wildman–Crippen LogP) is 3.29. The first kappa shape index (κ1) is 21.1. The molecule has 0 saturated carbocycles. The maximum Gasteiger partial charge on any atom is 0.270 e. The first-order chi connectivity index (χ1) is 14.5. The fourth-order valence-electron chi connectivity index (χ4n) is 2.82. The highest BCUT2D eigenvalue weighted by molar-refractivity contribution is 7.99. The minimum absolute atomic E-state index is 0.0772. The van der Waals surface area contributed by atoms with E-state index in [4.69, 9.17) is 4.74 Å². The Bertz CT molecular complexity index is 1120. The van der Waals surface area contributed by atoms with Crippen molar-refractivity contribution in [1.82, 2.24) is 15.3 Å². The van der Waals surface area contributed by atoms with Gasteiger partial charge in [0.2, 0.25) is 5.91 Å². The summed E-state index contributed by atoms with van der Waals surface area (Å²) in [6.07, 6.45) is 0. The van der Waals surface area contributed by atoms with Crippen molar-refractivity contribution < 1.29 is 9.53 Å². The highest BCUT2D eigenvalue weighted by Gasteiger charge is 2.15. The molecule has 7 nitrogen and oxygen atoms in total. The topological polar surface area (TPSA) is 108 Å². The quantitative estimate of drug-likeness (QED) is 0.449. The molecule has 1 amide bonds. The van der Waals surface area contributed by atoms with E-state index in [1.54, 1.807) is 31.4 Å². The Morgan fingerprint density at radius 1 is 1.23 bits per heavy atom. The molecule has 0 unspecified atom stereocenters. The Morgan fingerprint density at radius 3 is 2.57 bits per heavy atom. The first-order valence-electron chi connectivity index (χ1n) is 9.17. The summed E-state index contributed by atoms with van der Waals surface area (Å²) in [5, 5.41) is 12.6. The molecule has 0 bridgehead atoms. The van der Waals surface area contributed by atoms with E-state index in [0.717, 1.165) is 17.3 Å². The van der Waals surface area contributed by atoms with Crippen LogP contribution in [-0.4, -0.2) is 28.7 Å². The number of rotatable bonds is 7. The lowest BCUT2D eigenvalue weighted by Crippen LogP contribution is -2.28. The zero-order valence-electron chi connectivity index (χ0n) is 16.5. The highest BCUT2D eigenvalue weighted by atomic mass is 32.2. The molecule has 0 fully saturated rings. The standard InChI is InChI=1S/C22H20N4O3S/c1-14(15-6-4-3-5-7-15)24-19(27)13-30-22-25-20(18(12-23)21(28)26-22)16-8-10-17(29-2)11-9-16/h3-11,14H,13H2,1-2H3,(H,24,27)(H,25,26,28)/t14-/m0/s1. The van der Waals surface area contributed by atoms with Crippen LogP contribution in [0.3, 0.4) is 0 Å². The number of thioether (sulfide) groups is 1. The molecule has 8 heteroatoms. The zero-order chi connectivity index (χ0) is 21.5. The lowest BCUT2D eigenvalue weighted by atomic mass is 10.1. The fourth-order valence-corrected chi connectivity index (χ4v) is 3.50. The summed E-state index contributed by atoms with van der Waals surface area (Å²) in [7, 11) is 1.56. The molecule has 0 saturated heterocycles. The molecule has 0 aliphatic rings. The van der Waals surface area contributed by atoms with Crippen LogP contribution in [0.2, 0.25) is 0 Å². The molecule has 0 radical (unpaired) electrons. The number of amides is 1. The van der Waals surface area contributed by atoms with E-state index in [0.29, 0.717) is 11.3 Å². The normalized spacial score (nSPS) is 11.4. The van der Waals surface area contributed by atoms with Crippen molar-refractivity contribution in [1.29, 1.82) is 5.26 Å². The van der Waals surface area contributed by atoms with E-state index in [1.807, 2.05) is 43.3 Å². The van der Waals surface area contributed by atoms with Gasteiger partial charge in [-0.25, -0.2) is 4.98 Å². The number of carbonyl (C=O) groups is 1. The predicted molar refractivity (Wildman–Crippen MR) is 115 cm³/mol. The second-order valence-corrected chi connectivity index (χ2v) is 7.39. The molecule has 2 N–H and O–H groups in total. The van der Waals surface area contributed by atoms with Gasteiger partial charge in [0.25, 0.3) is 5.56 Å². The monoisotopic (exact) mass is 420 g/mol. The summed E-state index contributed by atoms with van der Waals surface area (Å²) in [6, 6.07) is 18.3. The lowest BCUT2D eigenvalue weighted by molar-refractivity contribution is -0.119. The van der Waals surface area contributed by atoms with Crippen LogP contribution in [0.4, 0.5) is 0 Å². The van der Waals surface area contributed by atoms with Gasteiger partial charge in [-0.05, 0) is 36.8 Å². The van der Waals surface area contributed by atoms with Gasteiger partial charge in [0.15, 0.2) is 5.16 Å². The number of hydrogen-bond donors (Lipinski definition) is 2. The van der Waals surface area contributed by atoms with E-state index in [-0.39, 0.29) is 34.1 Å². The number of hydrogen-bond acceptors (Lipinski definition) is 6. The number of carbonyl (C=O) groups excluding carboxylic acids is 1. The van der Waals surface area contributed by atoms with Gasteiger partial charge in [-0.15, -0.1) is 0 Å². The van der Waals surface area contributed by atoms with Gasteiger partial charge in [-0.1, -0.05) is 42.1 Å². The second-order valence-electron chi connectivity index (χ2n) is 6.42. The number of aromatic nitrogens is 2. The van der Waals surface area contributed by atoms with Crippen LogP contribution >= 0.6 is 11.8 Å². The molecule has 0 aliphatic carbocycles. The maximum atomic E-state index is 12.3. The molecule has 152 valence electrons. The van der Waals surface area contributed by atoms with Gasteiger partial charge >= 0.3 is 0 Å². The number of methoxy groups -OCH3 is 1. The van der Waals surface area contributed by atoms with Gasteiger partial charge in [-0.2, -0.15) is 5.26 Å². The van der Waals surface area contributed by atoms with Crippen molar-refractivity contribution in [3.63, 3.8) is 0 Å². The SMILES string of the molecule is COc1ccc(-c2nc(SCC(=O)N[C@@H](C)c3ccccc3)[nH]c(=O)c2C#N)cc1. The Balaban J connectivity index is 1.75. The van der Waals surface area contributed by atoms with Gasteiger partial charge in [-0.3, -0.25) is 9.59 Å². The van der Waals surface area contributed by atoms with E-state index in [9.17, 15) is 14.9 Å². The van der Waals surface area contributed by atoms with Gasteiger partial charge in [0, 0.05) is 5.56 Å². The third-order valence-corrected chi connectivity index (χ3v) is 5.26. The largest absolute Gasteiger partial charge is 0.497 e. The smallest absolute Gasteiger partial charge is 0.270 e. The number of ether oxygens (including phenoxy) is 1. The fraction of sp³-hybridized carbons (Fsp3) is 0.182. The molecule has 2 aromatic carbocycles. The molecule has 30 heavy (non-hydrogen) atoms. The Labute approximate surface area is 178 Å². The van der Waals surface area contributed by atoms with Crippen LogP contribution < -0.4 is 15.6 Å². The van der Waals surface area contributed by atoms with Crippen molar-refractivity contribution in [2.45, 2.75) is 18.1 Å². The molecule has 3 aromatic rings. The van der Waals surface area contributed by atoms with Crippen molar-refractivity contribution in [2.24, 2.45) is 0 Å². The molecule has 0 spiro atoms. The van der Waals surface area contributed by atoms with Crippen LogP contribution in [0.15, 0.2) is 64.5 Å². The number of aromatic amines is 1. The summed E-state index contributed by atoms with van der Waals surface area (Å²) < 4.78 is 5.14. The third-order valence-electron chi connectivity index (χ3n) is 4.39. The summed E-state index contributed by atoms with van der Waals surface area (Å²) >= 11 is 1.10. The zero-order valence-corrected chi connectivity index (χ0v) is 17.3. The average molecular weight is 420 g/mol. The molecular formula is C22H20N4O3S. The van der Waals surface area contributed by atoms with Crippen LogP contribution in [0.25, 0.3) is 11.3 Å². The summed E-state index contributed by atoms with van der Waals surface area (Å²) in [6.45, 7) is 1.90. The van der Waals surface area contributed by atoms with E-state index in [2.05, 4.69) is 15.3 Å². The summed E-state index contributed by atoms with van der Waals surface area (Å²) in [5.41, 5.74) is 1.26. The summed E-state index contributed by atoms with van der Waals surface area (Å²) in [5.74, 6) is 0.545. The second kappa shape index (κ2) is 9.76. The number of benzene rings is 2. The van der Waals surface area contributed by atoms with Crippen LogP contribution in [0.1, 0.15) is 24.1 Å².